The third-order valence-corrected chi connectivity index (χ3v) is 3.95. The van der Waals surface area contributed by atoms with Gasteiger partial charge in [-0.15, -0.1) is 0 Å². The Morgan fingerprint density at radius 1 is 1.23 bits per heavy atom. The third kappa shape index (κ3) is 4.63. The Kier molecular flexibility index (Phi) is 5.21. The summed E-state index contributed by atoms with van der Waals surface area (Å²) >= 11 is 1.22. The summed E-state index contributed by atoms with van der Waals surface area (Å²) in [5, 5.41) is 2.95. The van der Waals surface area contributed by atoms with Gasteiger partial charge in [0.15, 0.2) is 5.16 Å². The molecule has 1 aromatic carbocycles. The number of rotatable bonds is 5. The second-order valence-corrected chi connectivity index (χ2v) is 6.27. The number of carbonyl (C=O) groups excluding carboxylic acids is 1. The Balaban J connectivity index is 1.90. The fraction of sp³-hybridized carbons (Fsp3) is 0.267. The van der Waals surface area contributed by atoms with Crippen LogP contribution in [0.15, 0.2) is 35.5 Å². The summed E-state index contributed by atoms with van der Waals surface area (Å²) in [7, 11) is 0. The lowest BCUT2D eigenvalue weighted by Gasteiger charge is -2.11. The fourth-order valence-electron chi connectivity index (χ4n) is 1.77. The molecule has 0 saturated carbocycles. The molecule has 0 fully saturated rings. The first-order chi connectivity index (χ1) is 10.4. The maximum absolute atomic E-state index is 12.1. The predicted octanol–water partition coefficient (Wildman–Crippen LogP) is 1.75. The standard InChI is InChI=1S/C15H19N5OS/c1-9-3-5-11(6-4-9)8-18-14(21)10(2)22-15-19-12(16)7-13(17)20-15/h3-7,10H,8H2,1-2H3,(H,18,21)(H4,16,17,19,20). The van der Waals surface area contributed by atoms with Crippen LogP contribution in [0.3, 0.4) is 0 Å². The molecule has 0 aliphatic heterocycles. The van der Waals surface area contributed by atoms with E-state index in [2.05, 4.69) is 15.3 Å². The van der Waals surface area contributed by atoms with Crippen LogP contribution in [0.1, 0.15) is 18.1 Å². The quantitative estimate of drug-likeness (QED) is 0.573. The highest BCUT2D eigenvalue weighted by atomic mass is 32.2. The fourth-order valence-corrected chi connectivity index (χ4v) is 2.59. The van der Waals surface area contributed by atoms with Gasteiger partial charge in [-0.25, -0.2) is 9.97 Å². The smallest absolute Gasteiger partial charge is 0.233 e. The largest absolute Gasteiger partial charge is 0.383 e. The van der Waals surface area contributed by atoms with Gasteiger partial charge < -0.3 is 16.8 Å². The minimum Gasteiger partial charge on any atom is -0.383 e. The molecular weight excluding hydrogens is 298 g/mol. The average Bonchev–Trinajstić information content (AvgIpc) is 2.45. The number of nitrogens with zero attached hydrogens (tertiary/aromatic N) is 2. The monoisotopic (exact) mass is 317 g/mol. The van der Waals surface area contributed by atoms with Crippen molar-refractivity contribution in [2.45, 2.75) is 30.8 Å². The average molecular weight is 317 g/mol. The molecule has 22 heavy (non-hydrogen) atoms. The number of amides is 1. The van der Waals surface area contributed by atoms with E-state index in [0.29, 0.717) is 23.3 Å². The number of nitrogen functional groups attached to an aromatic ring is 2. The van der Waals surface area contributed by atoms with Crippen LogP contribution < -0.4 is 16.8 Å². The van der Waals surface area contributed by atoms with Crippen LogP contribution in [0.25, 0.3) is 0 Å². The van der Waals surface area contributed by atoms with Crippen molar-refractivity contribution in [3.63, 3.8) is 0 Å². The van der Waals surface area contributed by atoms with Gasteiger partial charge in [0.25, 0.3) is 0 Å². The van der Waals surface area contributed by atoms with Crippen LogP contribution in [0.4, 0.5) is 11.6 Å². The maximum Gasteiger partial charge on any atom is 0.233 e. The van der Waals surface area contributed by atoms with Crippen LogP contribution in [0, 0.1) is 6.92 Å². The van der Waals surface area contributed by atoms with Gasteiger partial charge in [-0.05, 0) is 19.4 Å². The highest BCUT2D eigenvalue weighted by molar-refractivity contribution is 8.00. The molecule has 1 aromatic heterocycles. The highest BCUT2D eigenvalue weighted by Crippen LogP contribution is 2.21. The van der Waals surface area contributed by atoms with E-state index in [1.165, 1.54) is 23.4 Å². The molecule has 0 aliphatic rings. The Bertz CT molecular complexity index is 639. The van der Waals surface area contributed by atoms with Crippen molar-refractivity contribution in [2.75, 3.05) is 11.5 Å². The summed E-state index contributed by atoms with van der Waals surface area (Å²) in [6.07, 6.45) is 0. The van der Waals surface area contributed by atoms with Gasteiger partial charge in [0.05, 0.1) is 5.25 Å². The summed E-state index contributed by atoms with van der Waals surface area (Å²) in [6, 6.07) is 9.50. The normalized spacial score (nSPS) is 11.9. The van der Waals surface area contributed by atoms with Crippen molar-refractivity contribution < 1.29 is 4.79 Å². The van der Waals surface area contributed by atoms with Crippen molar-refractivity contribution in [1.29, 1.82) is 0 Å². The van der Waals surface area contributed by atoms with E-state index in [0.717, 1.165) is 5.56 Å². The second kappa shape index (κ2) is 7.13. The number of nitrogens with two attached hydrogens (primary N) is 2. The molecule has 0 bridgehead atoms. The van der Waals surface area contributed by atoms with E-state index in [1.807, 2.05) is 31.2 Å². The molecule has 0 spiro atoms. The molecule has 2 rings (SSSR count). The summed E-state index contributed by atoms with van der Waals surface area (Å²) in [4.78, 5) is 20.2. The number of thioether (sulfide) groups is 1. The van der Waals surface area contributed by atoms with Gasteiger partial charge in [0.1, 0.15) is 11.6 Å². The number of hydrogen-bond acceptors (Lipinski definition) is 6. The van der Waals surface area contributed by atoms with Gasteiger partial charge in [-0.2, -0.15) is 0 Å². The number of benzene rings is 1. The first-order valence-corrected chi connectivity index (χ1v) is 7.72. The lowest BCUT2D eigenvalue weighted by atomic mass is 10.1. The Labute approximate surface area is 133 Å². The summed E-state index contributed by atoms with van der Waals surface area (Å²) in [6.45, 7) is 4.31. The Hall–Kier alpha value is -2.28. The van der Waals surface area contributed by atoms with Gasteiger partial charge >= 0.3 is 0 Å². The van der Waals surface area contributed by atoms with Crippen molar-refractivity contribution >= 4 is 29.3 Å². The van der Waals surface area contributed by atoms with Crippen LogP contribution in [0.2, 0.25) is 0 Å². The number of nitrogens with one attached hydrogen (secondary N) is 1. The zero-order valence-corrected chi connectivity index (χ0v) is 13.4. The SMILES string of the molecule is Cc1ccc(CNC(=O)C(C)Sc2nc(N)cc(N)n2)cc1. The third-order valence-electron chi connectivity index (χ3n) is 2.98. The molecule has 0 radical (unpaired) electrons. The number of carbonyl (C=O) groups is 1. The molecule has 5 N–H and O–H groups in total. The van der Waals surface area contributed by atoms with Crippen molar-refractivity contribution in [3.8, 4) is 0 Å². The van der Waals surface area contributed by atoms with Gasteiger partial charge in [0.2, 0.25) is 5.91 Å². The molecule has 1 amide bonds. The highest BCUT2D eigenvalue weighted by Gasteiger charge is 2.16. The minimum atomic E-state index is -0.341. The van der Waals surface area contributed by atoms with Crippen molar-refractivity contribution in [2.24, 2.45) is 0 Å². The summed E-state index contributed by atoms with van der Waals surface area (Å²) < 4.78 is 0. The van der Waals surface area contributed by atoms with Crippen LogP contribution >= 0.6 is 11.8 Å². The molecule has 2 aromatic rings. The number of aromatic nitrogens is 2. The van der Waals surface area contributed by atoms with Crippen LogP contribution in [0.5, 0.6) is 0 Å². The first-order valence-electron chi connectivity index (χ1n) is 6.84. The van der Waals surface area contributed by atoms with E-state index in [4.69, 9.17) is 11.5 Å². The summed E-state index contributed by atoms with van der Waals surface area (Å²) in [5.74, 6) is 0.500. The molecular formula is C15H19N5OS. The topological polar surface area (TPSA) is 107 Å². The van der Waals surface area contributed by atoms with Crippen LogP contribution in [-0.2, 0) is 11.3 Å². The molecule has 0 aliphatic carbocycles. The molecule has 1 unspecified atom stereocenters. The van der Waals surface area contributed by atoms with E-state index in [-0.39, 0.29) is 11.2 Å². The number of aryl methyl sites for hydroxylation is 1. The van der Waals surface area contributed by atoms with E-state index in [9.17, 15) is 4.79 Å². The van der Waals surface area contributed by atoms with Gasteiger partial charge in [0, 0.05) is 12.6 Å². The van der Waals surface area contributed by atoms with Gasteiger partial charge in [-0.3, -0.25) is 4.79 Å². The Morgan fingerprint density at radius 3 is 2.41 bits per heavy atom. The number of hydrogen-bond donors (Lipinski definition) is 3. The lowest BCUT2D eigenvalue weighted by Crippen LogP contribution is -2.30. The lowest BCUT2D eigenvalue weighted by molar-refractivity contribution is -0.120. The molecule has 116 valence electrons. The molecule has 0 saturated heterocycles. The molecule has 1 atom stereocenters. The van der Waals surface area contributed by atoms with E-state index in [1.54, 1.807) is 6.92 Å². The van der Waals surface area contributed by atoms with E-state index < -0.39 is 0 Å². The predicted molar refractivity (Wildman–Crippen MR) is 89.2 cm³/mol. The minimum absolute atomic E-state index is 0.0878. The van der Waals surface area contributed by atoms with E-state index >= 15 is 0 Å². The maximum atomic E-state index is 12.1. The van der Waals surface area contributed by atoms with Crippen LogP contribution in [-0.4, -0.2) is 21.1 Å². The molecule has 1 heterocycles. The number of anilines is 2. The zero-order chi connectivity index (χ0) is 16.1. The van der Waals surface area contributed by atoms with Crippen molar-refractivity contribution in [1.82, 2.24) is 15.3 Å². The molecule has 7 heteroatoms. The van der Waals surface area contributed by atoms with Crippen molar-refractivity contribution in [3.05, 3.63) is 41.5 Å². The Morgan fingerprint density at radius 2 is 1.82 bits per heavy atom. The molecule has 6 nitrogen and oxygen atoms in total. The summed E-state index contributed by atoms with van der Waals surface area (Å²) in [5.41, 5.74) is 13.5. The second-order valence-electron chi connectivity index (χ2n) is 4.96. The first kappa shape index (κ1) is 16.1. The van der Waals surface area contributed by atoms with Gasteiger partial charge in [-0.1, -0.05) is 41.6 Å². The zero-order valence-electron chi connectivity index (χ0n) is 12.5.